The second-order valence-electron chi connectivity index (χ2n) is 11.2. The van der Waals surface area contributed by atoms with Crippen molar-refractivity contribution in [3.63, 3.8) is 0 Å². The lowest BCUT2D eigenvalue weighted by Crippen LogP contribution is -2.34. The van der Waals surface area contributed by atoms with Gasteiger partial charge >= 0.3 is 0 Å². The molecule has 1 N–H and O–H groups in total. The molecular weight excluding hydrogens is 414 g/mol. The van der Waals surface area contributed by atoms with Gasteiger partial charge in [0.1, 0.15) is 0 Å². The van der Waals surface area contributed by atoms with Crippen molar-refractivity contribution in [1.82, 2.24) is 4.90 Å². The number of unbranched alkanes of at least 4 members (excludes halogenated alkanes) is 3. The maximum absolute atomic E-state index is 10.8. The van der Waals surface area contributed by atoms with Crippen LogP contribution in [0.15, 0.2) is 0 Å². The predicted octanol–water partition coefficient (Wildman–Crippen LogP) is 8.83. The van der Waals surface area contributed by atoms with E-state index in [0.29, 0.717) is 0 Å². The Morgan fingerprint density at radius 2 is 1.62 bits per heavy atom. The number of likely N-dealkylation sites (tertiary alicyclic amines) is 1. The van der Waals surface area contributed by atoms with E-state index in [4.69, 9.17) is 11.6 Å². The van der Waals surface area contributed by atoms with E-state index in [-0.39, 0.29) is 5.60 Å². The molecular formula is C29H58ClNO. The zero-order valence-corrected chi connectivity index (χ0v) is 23.1. The summed E-state index contributed by atoms with van der Waals surface area (Å²) in [6, 6.07) is 0. The summed E-state index contributed by atoms with van der Waals surface area (Å²) in [5.74, 6) is 3.59. The average Bonchev–Trinajstić information content (AvgIpc) is 3.16. The highest BCUT2D eigenvalue weighted by molar-refractivity contribution is 6.17. The molecule has 1 heterocycles. The summed E-state index contributed by atoms with van der Waals surface area (Å²) in [5, 5.41) is 10.8. The molecule has 0 radical (unpaired) electrons. The van der Waals surface area contributed by atoms with Crippen LogP contribution in [0.4, 0.5) is 0 Å². The summed E-state index contributed by atoms with van der Waals surface area (Å²) in [6.45, 7) is 12.3. The second-order valence-corrected chi connectivity index (χ2v) is 11.5. The Hall–Kier alpha value is 0.210. The molecule has 2 fully saturated rings. The lowest BCUT2D eigenvalue weighted by Gasteiger charge is -2.32. The summed E-state index contributed by atoms with van der Waals surface area (Å²) >= 11 is 5.53. The quantitative estimate of drug-likeness (QED) is 0.190. The topological polar surface area (TPSA) is 23.5 Å². The zero-order valence-electron chi connectivity index (χ0n) is 22.4. The molecule has 0 bridgehead atoms. The van der Waals surface area contributed by atoms with Crippen LogP contribution in [-0.4, -0.2) is 41.1 Å². The van der Waals surface area contributed by atoms with Crippen molar-refractivity contribution in [2.75, 3.05) is 25.5 Å². The second kappa shape index (κ2) is 18.5. The Morgan fingerprint density at radius 3 is 2.25 bits per heavy atom. The zero-order chi connectivity index (χ0) is 23.7. The predicted molar refractivity (Wildman–Crippen MR) is 144 cm³/mol. The van der Waals surface area contributed by atoms with Gasteiger partial charge in [0.25, 0.3) is 0 Å². The normalized spacial score (nSPS) is 24.2. The van der Waals surface area contributed by atoms with E-state index in [1.807, 2.05) is 0 Å². The van der Waals surface area contributed by atoms with E-state index in [1.54, 1.807) is 0 Å². The molecule has 3 heteroatoms. The fourth-order valence-corrected chi connectivity index (χ4v) is 6.27. The molecule has 0 amide bonds. The third-order valence-electron chi connectivity index (χ3n) is 8.10. The Labute approximate surface area is 207 Å². The number of aliphatic hydroxyl groups is 1. The summed E-state index contributed by atoms with van der Waals surface area (Å²) in [5.41, 5.74) is -0.376. The van der Waals surface area contributed by atoms with Crippen molar-refractivity contribution in [2.45, 2.75) is 142 Å². The summed E-state index contributed by atoms with van der Waals surface area (Å²) < 4.78 is 0. The number of β-amino-alcohol motifs (C(OH)–C–C–N with tert-alkyl or cyclic N) is 1. The first-order chi connectivity index (χ1) is 15.5. The molecule has 3 unspecified atom stereocenters. The summed E-state index contributed by atoms with van der Waals surface area (Å²) in [7, 11) is 0. The first-order valence-corrected chi connectivity index (χ1v) is 15.0. The standard InChI is InChI=1S/C22H43NO.C7H15Cl/c1-3-5-10-15-22(24)16-18-23(19-22)17-14-21(11-6-4-2)20-12-8-7-9-13-20;1-3-4-7(2)5-6-8/h20-21,24H,3-19H2,1-2H3;7H,3-6H2,1-2H3. The molecule has 1 saturated heterocycles. The van der Waals surface area contributed by atoms with Gasteiger partial charge in [-0.15, -0.1) is 11.6 Å². The lowest BCUT2D eigenvalue weighted by atomic mass is 9.76. The molecule has 1 saturated carbocycles. The van der Waals surface area contributed by atoms with E-state index in [9.17, 15) is 5.11 Å². The number of nitrogens with zero attached hydrogens (tertiary/aromatic N) is 1. The van der Waals surface area contributed by atoms with Gasteiger partial charge in [-0.2, -0.15) is 0 Å². The Morgan fingerprint density at radius 1 is 0.906 bits per heavy atom. The third-order valence-corrected chi connectivity index (χ3v) is 8.32. The van der Waals surface area contributed by atoms with Gasteiger partial charge < -0.3 is 10.0 Å². The fraction of sp³-hybridized carbons (Fsp3) is 1.00. The fourth-order valence-electron chi connectivity index (χ4n) is 5.90. The minimum atomic E-state index is -0.376. The van der Waals surface area contributed by atoms with Gasteiger partial charge in [-0.05, 0) is 50.0 Å². The van der Waals surface area contributed by atoms with E-state index >= 15 is 0 Å². The van der Waals surface area contributed by atoms with Crippen LogP contribution in [0.25, 0.3) is 0 Å². The van der Waals surface area contributed by atoms with Crippen molar-refractivity contribution >= 4 is 11.6 Å². The molecule has 2 nitrogen and oxygen atoms in total. The minimum absolute atomic E-state index is 0.376. The molecule has 1 aliphatic carbocycles. The maximum atomic E-state index is 10.8. The Bertz CT molecular complexity index is 419. The van der Waals surface area contributed by atoms with Gasteiger partial charge in [0.15, 0.2) is 0 Å². The molecule has 32 heavy (non-hydrogen) atoms. The summed E-state index contributed by atoms with van der Waals surface area (Å²) in [6.07, 6.45) is 22.4. The van der Waals surface area contributed by atoms with Crippen LogP contribution in [-0.2, 0) is 0 Å². The highest BCUT2D eigenvalue weighted by Crippen LogP contribution is 2.35. The molecule has 0 aromatic rings. The van der Waals surface area contributed by atoms with E-state index in [1.165, 1.54) is 103 Å². The number of hydrogen-bond donors (Lipinski definition) is 1. The van der Waals surface area contributed by atoms with E-state index in [0.717, 1.165) is 49.6 Å². The molecule has 2 aliphatic rings. The number of alkyl halides is 1. The van der Waals surface area contributed by atoms with Crippen molar-refractivity contribution in [3.05, 3.63) is 0 Å². The SMILES string of the molecule is CCCC(C)CCCl.CCCCCC1(O)CCN(CCC(CCCC)C2CCCCC2)C1. The first-order valence-electron chi connectivity index (χ1n) is 14.5. The highest BCUT2D eigenvalue weighted by atomic mass is 35.5. The van der Waals surface area contributed by atoms with Crippen LogP contribution in [0.3, 0.4) is 0 Å². The van der Waals surface area contributed by atoms with Crippen molar-refractivity contribution in [3.8, 4) is 0 Å². The van der Waals surface area contributed by atoms with Gasteiger partial charge in [0.2, 0.25) is 0 Å². The van der Waals surface area contributed by atoms with Gasteiger partial charge in [-0.1, -0.05) is 111 Å². The maximum Gasteiger partial charge on any atom is 0.0786 e. The largest absolute Gasteiger partial charge is 0.389 e. The van der Waals surface area contributed by atoms with Gasteiger partial charge in [0.05, 0.1) is 5.60 Å². The monoisotopic (exact) mass is 471 g/mol. The van der Waals surface area contributed by atoms with Crippen LogP contribution in [0, 0.1) is 17.8 Å². The van der Waals surface area contributed by atoms with Crippen LogP contribution in [0.5, 0.6) is 0 Å². The first kappa shape index (κ1) is 30.2. The van der Waals surface area contributed by atoms with Crippen LogP contribution < -0.4 is 0 Å². The molecule has 0 spiro atoms. The van der Waals surface area contributed by atoms with Crippen LogP contribution >= 0.6 is 11.6 Å². The molecule has 0 aromatic heterocycles. The molecule has 192 valence electrons. The Balaban J connectivity index is 0.000000547. The van der Waals surface area contributed by atoms with E-state index in [2.05, 4.69) is 32.6 Å². The molecule has 1 aliphatic heterocycles. The number of hydrogen-bond acceptors (Lipinski definition) is 2. The third kappa shape index (κ3) is 13.2. The van der Waals surface area contributed by atoms with Crippen molar-refractivity contribution in [2.24, 2.45) is 17.8 Å². The van der Waals surface area contributed by atoms with Crippen molar-refractivity contribution < 1.29 is 5.11 Å². The van der Waals surface area contributed by atoms with Gasteiger partial charge in [-0.3, -0.25) is 0 Å². The average molecular weight is 472 g/mol. The summed E-state index contributed by atoms with van der Waals surface area (Å²) in [4.78, 5) is 2.56. The number of rotatable bonds is 15. The van der Waals surface area contributed by atoms with Crippen LogP contribution in [0.1, 0.15) is 137 Å². The van der Waals surface area contributed by atoms with Gasteiger partial charge in [-0.25, -0.2) is 0 Å². The highest BCUT2D eigenvalue weighted by Gasteiger charge is 2.35. The van der Waals surface area contributed by atoms with Gasteiger partial charge in [0, 0.05) is 19.0 Å². The Kier molecular flexibility index (Phi) is 17.5. The molecule has 2 rings (SSSR count). The van der Waals surface area contributed by atoms with E-state index < -0.39 is 0 Å². The molecule has 3 atom stereocenters. The lowest BCUT2D eigenvalue weighted by molar-refractivity contribution is 0.0370. The minimum Gasteiger partial charge on any atom is -0.389 e. The van der Waals surface area contributed by atoms with Crippen LogP contribution in [0.2, 0.25) is 0 Å². The van der Waals surface area contributed by atoms with Crippen molar-refractivity contribution in [1.29, 1.82) is 0 Å². The molecule has 0 aromatic carbocycles. The smallest absolute Gasteiger partial charge is 0.0786 e. The number of halogens is 1.